The van der Waals surface area contributed by atoms with Crippen LogP contribution in [0, 0.1) is 5.92 Å². The van der Waals surface area contributed by atoms with Crippen LogP contribution in [0.3, 0.4) is 0 Å². The van der Waals surface area contributed by atoms with Gasteiger partial charge in [-0.1, -0.05) is 48.3 Å². The third-order valence-electron chi connectivity index (χ3n) is 6.33. The number of carbonyl (C=O) groups excluding carboxylic acids is 3. The van der Waals surface area contributed by atoms with Crippen molar-refractivity contribution in [1.82, 2.24) is 9.80 Å². The molecule has 3 rings (SSSR count). The molecule has 1 aliphatic heterocycles. The van der Waals surface area contributed by atoms with E-state index in [1.807, 2.05) is 25.1 Å². The highest BCUT2D eigenvalue weighted by Crippen LogP contribution is 2.33. The molecule has 1 atom stereocenters. The third kappa shape index (κ3) is 7.23. The molecule has 0 radical (unpaired) electrons. The fourth-order valence-electron chi connectivity index (χ4n) is 4.40. The number of amides is 3. The Labute approximate surface area is 227 Å². The standard InChI is InChI=1S/C27H32Cl2N2O6/c1-18(26(33)31(17-32)9-10-35-2)13-19-5-4-6-20-16-30(8-7-22(19)20)27(34)25-23(28)14-21(15-24(25)29)37-12-11-36-3/h4-6,14-15,17-18H,7-13,16H2,1-3H3. The fourth-order valence-corrected chi connectivity index (χ4v) is 5.03. The highest BCUT2D eigenvalue weighted by atomic mass is 35.5. The normalized spacial score (nSPS) is 13.6. The summed E-state index contributed by atoms with van der Waals surface area (Å²) in [7, 11) is 3.10. The topological polar surface area (TPSA) is 85.4 Å². The minimum atomic E-state index is -0.379. The predicted octanol–water partition coefficient (Wildman–Crippen LogP) is 4.03. The molecule has 0 aromatic heterocycles. The summed E-state index contributed by atoms with van der Waals surface area (Å²) >= 11 is 12.9. The summed E-state index contributed by atoms with van der Waals surface area (Å²) < 4.78 is 15.5. The van der Waals surface area contributed by atoms with Crippen molar-refractivity contribution in [2.75, 3.05) is 47.1 Å². The lowest BCUT2D eigenvalue weighted by Crippen LogP contribution is -2.38. The molecule has 1 aliphatic rings. The fraction of sp³-hybridized carbons (Fsp3) is 0.444. The maximum absolute atomic E-state index is 13.4. The molecule has 0 N–H and O–H groups in total. The van der Waals surface area contributed by atoms with E-state index in [0.29, 0.717) is 57.9 Å². The molecule has 200 valence electrons. The van der Waals surface area contributed by atoms with Crippen molar-refractivity contribution in [2.24, 2.45) is 5.92 Å². The number of hydrogen-bond donors (Lipinski definition) is 0. The summed E-state index contributed by atoms with van der Waals surface area (Å²) in [4.78, 5) is 40.4. The van der Waals surface area contributed by atoms with Crippen molar-refractivity contribution < 1.29 is 28.6 Å². The minimum Gasteiger partial charge on any atom is -0.491 e. The number of nitrogens with zero attached hydrogens (tertiary/aromatic N) is 2. The summed E-state index contributed by atoms with van der Waals surface area (Å²) in [5.74, 6) is -0.402. The first kappa shape index (κ1) is 28.9. The van der Waals surface area contributed by atoms with Crippen molar-refractivity contribution >= 4 is 41.4 Å². The van der Waals surface area contributed by atoms with Crippen molar-refractivity contribution in [3.63, 3.8) is 0 Å². The number of rotatable bonds is 12. The molecule has 0 fully saturated rings. The lowest BCUT2D eigenvalue weighted by Gasteiger charge is -2.31. The van der Waals surface area contributed by atoms with Crippen molar-refractivity contribution in [3.05, 3.63) is 62.6 Å². The minimum absolute atomic E-state index is 0.221. The van der Waals surface area contributed by atoms with Gasteiger partial charge in [-0.3, -0.25) is 19.3 Å². The van der Waals surface area contributed by atoms with Crippen LogP contribution in [0.1, 0.15) is 34.0 Å². The third-order valence-corrected chi connectivity index (χ3v) is 6.93. The Kier molecular flexibility index (Phi) is 10.8. The molecule has 0 saturated carbocycles. The van der Waals surface area contributed by atoms with Gasteiger partial charge in [0, 0.05) is 33.2 Å². The van der Waals surface area contributed by atoms with Gasteiger partial charge in [0.05, 0.1) is 35.4 Å². The highest BCUT2D eigenvalue weighted by Gasteiger charge is 2.28. The summed E-state index contributed by atoms with van der Waals surface area (Å²) in [6, 6.07) is 9.07. The van der Waals surface area contributed by atoms with E-state index in [-0.39, 0.29) is 39.9 Å². The molecule has 1 unspecified atom stereocenters. The number of methoxy groups -OCH3 is 2. The average molecular weight is 551 g/mol. The van der Waals surface area contributed by atoms with Gasteiger partial charge in [0.15, 0.2) is 0 Å². The summed E-state index contributed by atoms with van der Waals surface area (Å²) in [5.41, 5.74) is 3.41. The van der Waals surface area contributed by atoms with Gasteiger partial charge in [0.1, 0.15) is 12.4 Å². The van der Waals surface area contributed by atoms with E-state index in [9.17, 15) is 14.4 Å². The SMILES string of the molecule is COCCOc1cc(Cl)c(C(=O)N2CCc3c(CC(C)C(=O)N(C=O)CCOC)cccc3C2)c(Cl)c1. The molecule has 3 amide bonds. The Morgan fingerprint density at radius 2 is 1.81 bits per heavy atom. The van der Waals surface area contributed by atoms with Crippen LogP contribution in [-0.4, -0.2) is 75.2 Å². The predicted molar refractivity (Wildman–Crippen MR) is 141 cm³/mol. The van der Waals surface area contributed by atoms with E-state index in [1.165, 1.54) is 7.11 Å². The van der Waals surface area contributed by atoms with Crippen molar-refractivity contribution in [3.8, 4) is 5.75 Å². The van der Waals surface area contributed by atoms with Crippen LogP contribution >= 0.6 is 23.2 Å². The second kappa shape index (κ2) is 13.8. The molecule has 0 spiro atoms. The van der Waals surface area contributed by atoms with Crippen molar-refractivity contribution in [2.45, 2.75) is 26.3 Å². The second-order valence-corrected chi connectivity index (χ2v) is 9.68. The number of fused-ring (bicyclic) bond motifs is 1. The average Bonchev–Trinajstić information content (AvgIpc) is 2.88. The van der Waals surface area contributed by atoms with Crippen LogP contribution < -0.4 is 4.74 Å². The lowest BCUT2D eigenvalue weighted by atomic mass is 9.89. The van der Waals surface area contributed by atoms with Gasteiger partial charge in [-0.15, -0.1) is 0 Å². The zero-order valence-corrected chi connectivity index (χ0v) is 22.8. The Hall–Kier alpha value is -2.65. The van der Waals surface area contributed by atoms with E-state index in [1.54, 1.807) is 24.1 Å². The molecule has 0 bridgehead atoms. The van der Waals surface area contributed by atoms with Gasteiger partial charge < -0.3 is 19.1 Å². The largest absolute Gasteiger partial charge is 0.491 e. The van der Waals surface area contributed by atoms with Crippen LogP contribution in [0.2, 0.25) is 10.0 Å². The van der Waals surface area contributed by atoms with Gasteiger partial charge in [0.2, 0.25) is 12.3 Å². The molecule has 2 aromatic carbocycles. The number of imide groups is 1. The van der Waals surface area contributed by atoms with E-state index in [4.69, 9.17) is 37.4 Å². The Bertz CT molecular complexity index is 1100. The molecule has 1 heterocycles. The molecule has 2 aromatic rings. The van der Waals surface area contributed by atoms with E-state index < -0.39 is 0 Å². The quantitative estimate of drug-likeness (QED) is 0.293. The van der Waals surface area contributed by atoms with Crippen LogP contribution in [0.25, 0.3) is 0 Å². The monoisotopic (exact) mass is 550 g/mol. The van der Waals surface area contributed by atoms with Gasteiger partial charge in [0.25, 0.3) is 5.91 Å². The zero-order chi connectivity index (χ0) is 26.9. The van der Waals surface area contributed by atoms with E-state index >= 15 is 0 Å². The molecule has 0 saturated heterocycles. The Morgan fingerprint density at radius 1 is 1.11 bits per heavy atom. The maximum Gasteiger partial charge on any atom is 0.257 e. The molecule has 37 heavy (non-hydrogen) atoms. The molecular weight excluding hydrogens is 519 g/mol. The first-order valence-electron chi connectivity index (χ1n) is 12.0. The number of benzene rings is 2. The zero-order valence-electron chi connectivity index (χ0n) is 21.3. The van der Waals surface area contributed by atoms with Crippen LogP contribution in [-0.2, 0) is 38.4 Å². The first-order chi connectivity index (χ1) is 17.8. The smallest absolute Gasteiger partial charge is 0.257 e. The molecular formula is C27H32Cl2N2O6. The van der Waals surface area contributed by atoms with Crippen LogP contribution in [0.5, 0.6) is 5.75 Å². The second-order valence-electron chi connectivity index (χ2n) is 8.87. The molecule has 10 heteroatoms. The van der Waals surface area contributed by atoms with Gasteiger partial charge in [-0.05, 0) is 41.7 Å². The lowest BCUT2D eigenvalue weighted by molar-refractivity contribution is -0.141. The van der Waals surface area contributed by atoms with E-state index in [0.717, 1.165) is 21.6 Å². The van der Waals surface area contributed by atoms with Crippen LogP contribution in [0.4, 0.5) is 0 Å². The van der Waals surface area contributed by atoms with E-state index in [2.05, 4.69) is 0 Å². The Balaban J connectivity index is 1.72. The summed E-state index contributed by atoms with van der Waals surface area (Å²) in [6.07, 6.45) is 1.68. The molecule has 0 aliphatic carbocycles. The Morgan fingerprint density at radius 3 is 2.46 bits per heavy atom. The van der Waals surface area contributed by atoms with Crippen molar-refractivity contribution in [1.29, 1.82) is 0 Å². The summed E-state index contributed by atoms with van der Waals surface area (Å²) in [6.45, 7) is 3.97. The highest BCUT2D eigenvalue weighted by molar-refractivity contribution is 6.39. The van der Waals surface area contributed by atoms with Gasteiger partial charge >= 0.3 is 0 Å². The molecule has 8 nitrogen and oxygen atoms in total. The van der Waals surface area contributed by atoms with Gasteiger partial charge in [-0.25, -0.2) is 0 Å². The number of ether oxygens (including phenoxy) is 3. The number of carbonyl (C=O) groups is 3. The maximum atomic E-state index is 13.4. The van der Waals surface area contributed by atoms with Crippen LogP contribution in [0.15, 0.2) is 30.3 Å². The van der Waals surface area contributed by atoms with Gasteiger partial charge in [-0.2, -0.15) is 0 Å². The first-order valence-corrected chi connectivity index (χ1v) is 12.8. The number of halogens is 2. The number of hydrogen-bond acceptors (Lipinski definition) is 6. The summed E-state index contributed by atoms with van der Waals surface area (Å²) in [5, 5.41) is 0.454.